The lowest BCUT2D eigenvalue weighted by Gasteiger charge is -2.31. The fourth-order valence-corrected chi connectivity index (χ4v) is 3.98. The minimum absolute atomic E-state index is 0.391. The molecule has 17 heavy (non-hydrogen) atoms. The van der Waals surface area contributed by atoms with Gasteiger partial charge < -0.3 is 4.90 Å². The standard InChI is InChI=1S/C14H24INO/c1-11-4-2-3-9-16(11)10-14(17)12-5-7-13(15)8-6-12/h11-13H,2-10H2,1H3/p+1. The number of hydrogen-bond donors (Lipinski definition) is 1. The van der Waals surface area contributed by atoms with Crippen molar-refractivity contribution in [1.82, 2.24) is 0 Å². The highest BCUT2D eigenvalue weighted by Crippen LogP contribution is 2.29. The molecule has 0 aromatic carbocycles. The number of halogens is 1. The normalized spacial score (nSPS) is 38.9. The van der Waals surface area contributed by atoms with E-state index in [4.69, 9.17) is 0 Å². The van der Waals surface area contributed by atoms with E-state index in [-0.39, 0.29) is 0 Å². The van der Waals surface area contributed by atoms with Crippen molar-refractivity contribution in [3.05, 3.63) is 0 Å². The number of carbonyl (C=O) groups excluding carboxylic acids is 1. The summed E-state index contributed by atoms with van der Waals surface area (Å²) >= 11 is 2.53. The maximum absolute atomic E-state index is 12.3. The van der Waals surface area contributed by atoms with Crippen molar-refractivity contribution in [1.29, 1.82) is 0 Å². The molecule has 0 aromatic rings. The summed E-state index contributed by atoms with van der Waals surface area (Å²) in [5, 5.41) is 0. The number of ketones is 1. The van der Waals surface area contributed by atoms with Crippen LogP contribution in [0.5, 0.6) is 0 Å². The van der Waals surface area contributed by atoms with Gasteiger partial charge in [-0.05, 0) is 51.9 Å². The monoisotopic (exact) mass is 350 g/mol. The summed E-state index contributed by atoms with van der Waals surface area (Å²) in [6.07, 6.45) is 8.78. The molecule has 0 radical (unpaired) electrons. The van der Waals surface area contributed by atoms with Gasteiger partial charge >= 0.3 is 0 Å². The van der Waals surface area contributed by atoms with Crippen LogP contribution >= 0.6 is 22.6 Å². The van der Waals surface area contributed by atoms with Crippen LogP contribution in [0, 0.1) is 5.92 Å². The summed E-state index contributed by atoms with van der Waals surface area (Å²) in [5.74, 6) is 0.944. The first-order valence-electron chi connectivity index (χ1n) is 7.18. The topological polar surface area (TPSA) is 21.5 Å². The van der Waals surface area contributed by atoms with Crippen molar-refractivity contribution in [2.24, 2.45) is 5.92 Å². The summed E-state index contributed by atoms with van der Waals surface area (Å²) in [6.45, 7) is 4.33. The predicted molar refractivity (Wildman–Crippen MR) is 78.8 cm³/mol. The summed E-state index contributed by atoms with van der Waals surface area (Å²) in [7, 11) is 0. The second-order valence-electron chi connectivity index (χ2n) is 5.90. The lowest BCUT2D eigenvalue weighted by Crippen LogP contribution is -3.17. The minimum atomic E-state index is 0.391. The lowest BCUT2D eigenvalue weighted by molar-refractivity contribution is -0.921. The van der Waals surface area contributed by atoms with Crippen LogP contribution in [0.2, 0.25) is 0 Å². The first-order valence-corrected chi connectivity index (χ1v) is 8.42. The maximum atomic E-state index is 12.3. The molecule has 1 saturated heterocycles. The van der Waals surface area contributed by atoms with E-state index in [0.717, 1.165) is 23.3 Å². The summed E-state index contributed by atoms with van der Waals surface area (Å²) in [4.78, 5) is 13.8. The molecule has 2 fully saturated rings. The third-order valence-corrected chi connectivity index (χ3v) is 5.84. The highest BCUT2D eigenvalue weighted by Gasteiger charge is 2.30. The van der Waals surface area contributed by atoms with Gasteiger partial charge in [-0.25, -0.2) is 0 Å². The molecule has 1 N–H and O–H groups in total. The minimum Gasteiger partial charge on any atom is -0.327 e. The van der Waals surface area contributed by atoms with Crippen molar-refractivity contribution in [3.8, 4) is 0 Å². The molecular formula is C14H25INO+. The Morgan fingerprint density at radius 2 is 1.88 bits per heavy atom. The molecule has 0 amide bonds. The molecule has 98 valence electrons. The Morgan fingerprint density at radius 1 is 1.18 bits per heavy atom. The van der Waals surface area contributed by atoms with Crippen molar-refractivity contribution < 1.29 is 9.69 Å². The van der Waals surface area contributed by atoms with Crippen LogP contribution in [0.15, 0.2) is 0 Å². The van der Waals surface area contributed by atoms with Gasteiger partial charge in [0.2, 0.25) is 0 Å². The van der Waals surface area contributed by atoms with Gasteiger partial charge in [-0.2, -0.15) is 0 Å². The van der Waals surface area contributed by atoms with Crippen LogP contribution in [0.1, 0.15) is 51.9 Å². The number of alkyl halides is 1. The summed E-state index contributed by atoms with van der Waals surface area (Å²) in [5.41, 5.74) is 0. The zero-order valence-corrected chi connectivity index (χ0v) is 13.0. The number of likely N-dealkylation sites (tertiary alicyclic amines) is 1. The molecule has 2 aliphatic rings. The van der Waals surface area contributed by atoms with E-state index in [9.17, 15) is 4.79 Å². The molecule has 1 heterocycles. The fourth-order valence-electron chi connectivity index (χ4n) is 3.26. The third kappa shape index (κ3) is 3.91. The highest BCUT2D eigenvalue weighted by molar-refractivity contribution is 14.1. The van der Waals surface area contributed by atoms with E-state index < -0.39 is 0 Å². The van der Waals surface area contributed by atoms with E-state index in [1.54, 1.807) is 4.90 Å². The smallest absolute Gasteiger partial charge is 0.189 e. The number of quaternary nitrogens is 1. The molecule has 2 rings (SSSR count). The first kappa shape index (κ1) is 13.8. The van der Waals surface area contributed by atoms with Crippen molar-refractivity contribution in [2.45, 2.75) is 61.8 Å². The van der Waals surface area contributed by atoms with E-state index >= 15 is 0 Å². The van der Waals surface area contributed by atoms with Crippen LogP contribution < -0.4 is 4.90 Å². The molecule has 3 heteroatoms. The fraction of sp³-hybridized carbons (Fsp3) is 0.929. The number of hydrogen-bond acceptors (Lipinski definition) is 1. The Labute approximate surface area is 119 Å². The predicted octanol–water partition coefficient (Wildman–Crippen LogP) is 2.01. The molecule has 2 unspecified atom stereocenters. The number of rotatable bonds is 3. The maximum Gasteiger partial charge on any atom is 0.189 e. The summed E-state index contributed by atoms with van der Waals surface area (Å²) < 4.78 is 0.818. The van der Waals surface area contributed by atoms with Crippen LogP contribution in [-0.2, 0) is 4.79 Å². The Kier molecular flexibility index (Phi) is 5.27. The van der Waals surface area contributed by atoms with Gasteiger partial charge in [0.25, 0.3) is 0 Å². The van der Waals surface area contributed by atoms with E-state index in [2.05, 4.69) is 29.5 Å². The van der Waals surface area contributed by atoms with Crippen LogP contribution in [0.25, 0.3) is 0 Å². The van der Waals surface area contributed by atoms with Crippen molar-refractivity contribution >= 4 is 28.4 Å². The Balaban J connectivity index is 1.79. The molecule has 0 spiro atoms. The zero-order chi connectivity index (χ0) is 12.3. The second-order valence-corrected chi connectivity index (χ2v) is 7.66. The van der Waals surface area contributed by atoms with Gasteiger partial charge in [-0.1, -0.05) is 22.6 Å². The van der Waals surface area contributed by atoms with Gasteiger partial charge in [0.15, 0.2) is 5.78 Å². The largest absolute Gasteiger partial charge is 0.327 e. The SMILES string of the molecule is CC1CCCC[NH+]1CC(=O)C1CCC(I)CC1. The number of Topliss-reactive ketones (excluding diaryl/α,β-unsaturated/α-hetero) is 1. The number of carbonyl (C=O) groups is 1. The average molecular weight is 350 g/mol. The highest BCUT2D eigenvalue weighted by atomic mass is 127. The molecule has 2 atom stereocenters. The molecular weight excluding hydrogens is 325 g/mol. The zero-order valence-electron chi connectivity index (χ0n) is 10.9. The van der Waals surface area contributed by atoms with Gasteiger partial charge in [-0.15, -0.1) is 0 Å². The molecule has 1 aliphatic carbocycles. The van der Waals surface area contributed by atoms with Crippen LogP contribution in [0.4, 0.5) is 0 Å². The summed E-state index contributed by atoms with van der Waals surface area (Å²) in [6, 6.07) is 0.702. The average Bonchev–Trinajstić information content (AvgIpc) is 2.33. The molecule has 1 aliphatic heterocycles. The molecule has 1 saturated carbocycles. The Morgan fingerprint density at radius 3 is 2.53 bits per heavy atom. The van der Waals surface area contributed by atoms with E-state index in [1.807, 2.05) is 0 Å². The first-order chi connectivity index (χ1) is 8.16. The van der Waals surface area contributed by atoms with Crippen LogP contribution in [-0.4, -0.2) is 28.8 Å². The Bertz CT molecular complexity index is 261. The number of piperidine rings is 1. The van der Waals surface area contributed by atoms with Crippen molar-refractivity contribution in [3.63, 3.8) is 0 Å². The van der Waals surface area contributed by atoms with Gasteiger partial charge in [-0.3, -0.25) is 4.79 Å². The molecule has 0 aromatic heterocycles. The molecule has 2 nitrogen and oxygen atoms in total. The van der Waals surface area contributed by atoms with Crippen LogP contribution in [0.3, 0.4) is 0 Å². The van der Waals surface area contributed by atoms with Gasteiger partial charge in [0, 0.05) is 9.84 Å². The van der Waals surface area contributed by atoms with E-state index in [1.165, 1.54) is 38.6 Å². The van der Waals surface area contributed by atoms with E-state index in [0.29, 0.717) is 17.7 Å². The van der Waals surface area contributed by atoms with Gasteiger partial charge in [0.1, 0.15) is 6.54 Å². The van der Waals surface area contributed by atoms with Crippen molar-refractivity contribution in [2.75, 3.05) is 13.1 Å². The number of nitrogens with one attached hydrogen (secondary N) is 1. The molecule has 0 bridgehead atoms. The Hall–Kier alpha value is 0.360. The quantitative estimate of drug-likeness (QED) is 0.610. The third-order valence-electron chi connectivity index (χ3n) is 4.60. The van der Waals surface area contributed by atoms with Gasteiger partial charge in [0.05, 0.1) is 12.6 Å². The lowest BCUT2D eigenvalue weighted by atomic mass is 9.85. The second kappa shape index (κ2) is 6.50.